The molecule has 5 N–H and O–H groups in total. The summed E-state index contributed by atoms with van der Waals surface area (Å²) < 4.78 is 26.4. The molecular weight excluding hydrogens is 396 g/mol. The lowest BCUT2D eigenvalue weighted by Gasteiger charge is -2.43. The fraction of sp³-hybridized carbons (Fsp3) is 0.765. The van der Waals surface area contributed by atoms with Crippen molar-refractivity contribution in [1.82, 2.24) is 0 Å². The molecule has 3 heterocycles. The predicted octanol–water partition coefficient (Wildman–Crippen LogP) is -2.68. The van der Waals surface area contributed by atoms with Gasteiger partial charge in [-0.15, -0.1) is 0 Å². The van der Waals surface area contributed by atoms with Crippen LogP contribution in [0.1, 0.15) is 6.42 Å². The third kappa shape index (κ3) is 4.53. The van der Waals surface area contributed by atoms with Gasteiger partial charge in [-0.3, -0.25) is 4.79 Å². The molecule has 0 aromatic carbocycles. The number of hydrogen-bond acceptors (Lipinski definition) is 11. The summed E-state index contributed by atoms with van der Waals surface area (Å²) >= 11 is 0. The standard InChI is InChI=1S/C17H24O12/c1-25-15(24)7-4-27-16(11(9-5-26-9)6(7)2-10(19)20)29-17-14(23)13(22)12(21)8(3-18)28-17/h4,6,8-9,11-14,16-18,21-23H,2-3,5H2,1H3,(H,19,20)/t6-,8-,9+,11+,12-,13+,14-,16+,17+/m1/s1. The second-order valence-corrected chi connectivity index (χ2v) is 7.06. The Morgan fingerprint density at radius 3 is 2.41 bits per heavy atom. The molecule has 0 aromatic heterocycles. The minimum absolute atomic E-state index is 0.00375. The highest BCUT2D eigenvalue weighted by molar-refractivity contribution is 5.89. The number of hydrogen-bond donors (Lipinski definition) is 5. The van der Waals surface area contributed by atoms with E-state index in [0.29, 0.717) is 0 Å². The Morgan fingerprint density at radius 1 is 1.17 bits per heavy atom. The normalized spacial score (nSPS) is 41.8. The Hall–Kier alpha value is -1.80. The molecule has 12 nitrogen and oxygen atoms in total. The first-order valence-electron chi connectivity index (χ1n) is 9.01. The van der Waals surface area contributed by atoms with Gasteiger partial charge in [0.2, 0.25) is 6.29 Å². The van der Waals surface area contributed by atoms with Gasteiger partial charge in [0.25, 0.3) is 0 Å². The van der Waals surface area contributed by atoms with Gasteiger partial charge in [0.05, 0.1) is 50.6 Å². The molecular formula is C17H24O12. The number of esters is 1. The summed E-state index contributed by atoms with van der Waals surface area (Å²) in [6.45, 7) is -0.354. The number of aliphatic hydroxyl groups excluding tert-OH is 4. The Labute approximate surface area is 165 Å². The van der Waals surface area contributed by atoms with Crippen LogP contribution in [0, 0.1) is 11.8 Å². The van der Waals surface area contributed by atoms with Gasteiger partial charge in [0, 0.05) is 5.92 Å². The van der Waals surface area contributed by atoms with Crippen LogP contribution in [0.2, 0.25) is 0 Å². The van der Waals surface area contributed by atoms with Crippen molar-refractivity contribution in [2.45, 2.75) is 49.5 Å². The van der Waals surface area contributed by atoms with Crippen molar-refractivity contribution in [1.29, 1.82) is 0 Å². The molecule has 3 aliphatic rings. The SMILES string of the molecule is COC(=O)C1=CO[C@@H](O[C@@H]2O[C@H](CO)[C@@H](O)[C@H](O)[C@H]2O)[C@H]([C@@H]2CO2)[C@@H]1CC(=O)O. The molecule has 29 heavy (non-hydrogen) atoms. The zero-order valence-electron chi connectivity index (χ0n) is 15.5. The van der Waals surface area contributed by atoms with Crippen molar-refractivity contribution < 1.29 is 58.8 Å². The van der Waals surface area contributed by atoms with Crippen LogP contribution in [-0.2, 0) is 33.3 Å². The van der Waals surface area contributed by atoms with Crippen molar-refractivity contribution in [2.75, 3.05) is 20.3 Å². The number of ether oxygens (including phenoxy) is 5. The first kappa shape index (κ1) is 21.9. The molecule has 0 spiro atoms. The average molecular weight is 420 g/mol. The van der Waals surface area contributed by atoms with E-state index in [4.69, 9.17) is 23.7 Å². The van der Waals surface area contributed by atoms with Crippen molar-refractivity contribution in [3.05, 3.63) is 11.8 Å². The highest BCUT2D eigenvalue weighted by Crippen LogP contribution is 2.42. The summed E-state index contributed by atoms with van der Waals surface area (Å²) in [4.78, 5) is 23.4. The van der Waals surface area contributed by atoms with E-state index in [2.05, 4.69) is 0 Å². The number of carbonyl (C=O) groups excluding carboxylic acids is 1. The minimum atomic E-state index is -1.67. The van der Waals surface area contributed by atoms with Crippen LogP contribution >= 0.6 is 0 Å². The highest BCUT2D eigenvalue weighted by atomic mass is 16.8. The molecule has 3 aliphatic heterocycles. The molecule has 12 heteroatoms. The van der Waals surface area contributed by atoms with Gasteiger partial charge in [0.15, 0.2) is 6.29 Å². The first-order chi connectivity index (χ1) is 13.8. The smallest absolute Gasteiger partial charge is 0.337 e. The molecule has 0 saturated carbocycles. The monoisotopic (exact) mass is 420 g/mol. The van der Waals surface area contributed by atoms with Crippen molar-refractivity contribution >= 4 is 11.9 Å². The Morgan fingerprint density at radius 2 is 1.86 bits per heavy atom. The summed E-state index contributed by atoms with van der Waals surface area (Å²) in [5.74, 6) is -3.54. The molecule has 0 aromatic rings. The number of epoxide rings is 1. The Kier molecular flexibility index (Phi) is 6.73. The number of methoxy groups -OCH3 is 1. The van der Waals surface area contributed by atoms with Gasteiger partial charge in [0.1, 0.15) is 24.4 Å². The lowest BCUT2D eigenvalue weighted by Crippen LogP contribution is -2.60. The second-order valence-electron chi connectivity index (χ2n) is 7.06. The fourth-order valence-electron chi connectivity index (χ4n) is 3.61. The second kappa shape index (κ2) is 8.92. The zero-order chi connectivity index (χ0) is 21.3. The average Bonchev–Trinajstić information content (AvgIpc) is 3.52. The van der Waals surface area contributed by atoms with Gasteiger partial charge < -0.3 is 49.2 Å². The van der Waals surface area contributed by atoms with Crippen LogP contribution in [0.3, 0.4) is 0 Å². The van der Waals surface area contributed by atoms with Gasteiger partial charge in [-0.25, -0.2) is 4.79 Å². The first-order valence-corrected chi connectivity index (χ1v) is 9.01. The summed E-state index contributed by atoms with van der Waals surface area (Å²) in [6, 6.07) is 0. The van der Waals surface area contributed by atoms with E-state index in [1.165, 1.54) is 0 Å². The summed E-state index contributed by atoms with van der Waals surface area (Å²) in [6.07, 6.45) is -8.61. The molecule has 0 unspecified atom stereocenters. The molecule has 0 radical (unpaired) electrons. The van der Waals surface area contributed by atoms with E-state index in [1.54, 1.807) is 0 Å². The van der Waals surface area contributed by atoms with E-state index in [1.807, 2.05) is 0 Å². The van der Waals surface area contributed by atoms with Gasteiger partial charge in [-0.1, -0.05) is 0 Å². The summed E-state index contributed by atoms with van der Waals surface area (Å²) in [5, 5.41) is 48.5. The van der Waals surface area contributed by atoms with Crippen LogP contribution in [0.25, 0.3) is 0 Å². The zero-order valence-corrected chi connectivity index (χ0v) is 15.5. The number of aliphatic carboxylic acids is 1. The number of rotatable bonds is 7. The fourth-order valence-corrected chi connectivity index (χ4v) is 3.61. The molecule has 0 amide bonds. The van der Waals surface area contributed by atoms with E-state index in [0.717, 1.165) is 13.4 Å². The van der Waals surface area contributed by atoms with Crippen molar-refractivity contribution in [3.8, 4) is 0 Å². The van der Waals surface area contributed by atoms with E-state index in [-0.39, 0.29) is 12.2 Å². The third-order valence-corrected chi connectivity index (χ3v) is 5.23. The van der Waals surface area contributed by atoms with Crippen LogP contribution in [-0.4, -0.2) is 101 Å². The van der Waals surface area contributed by atoms with E-state index < -0.39 is 79.9 Å². The lowest BCUT2D eigenvalue weighted by atomic mass is 9.79. The summed E-state index contributed by atoms with van der Waals surface area (Å²) in [5.41, 5.74) is 0.00375. The van der Waals surface area contributed by atoms with E-state index in [9.17, 15) is 35.1 Å². The molecule has 2 fully saturated rings. The van der Waals surface area contributed by atoms with Crippen molar-refractivity contribution in [3.63, 3.8) is 0 Å². The third-order valence-electron chi connectivity index (χ3n) is 5.23. The molecule has 9 atom stereocenters. The minimum Gasteiger partial charge on any atom is -0.481 e. The molecule has 164 valence electrons. The maximum absolute atomic E-state index is 12.1. The number of aliphatic hydroxyl groups is 4. The van der Waals surface area contributed by atoms with Gasteiger partial charge in [-0.05, 0) is 0 Å². The topological polar surface area (TPSA) is 185 Å². The predicted molar refractivity (Wildman–Crippen MR) is 88.8 cm³/mol. The maximum Gasteiger partial charge on any atom is 0.337 e. The number of carboxylic acids is 1. The van der Waals surface area contributed by atoms with Crippen LogP contribution in [0.4, 0.5) is 0 Å². The van der Waals surface area contributed by atoms with Gasteiger partial charge >= 0.3 is 11.9 Å². The highest BCUT2D eigenvalue weighted by Gasteiger charge is 2.53. The van der Waals surface area contributed by atoms with Crippen LogP contribution < -0.4 is 0 Å². The van der Waals surface area contributed by atoms with Crippen LogP contribution in [0.15, 0.2) is 11.8 Å². The Bertz CT molecular complexity index is 644. The molecule has 0 aliphatic carbocycles. The quantitative estimate of drug-likeness (QED) is 0.213. The molecule has 2 saturated heterocycles. The number of carboxylic acid groups (broad SMARTS) is 1. The molecule has 3 rings (SSSR count). The van der Waals surface area contributed by atoms with Gasteiger partial charge in [-0.2, -0.15) is 0 Å². The van der Waals surface area contributed by atoms with E-state index >= 15 is 0 Å². The lowest BCUT2D eigenvalue weighted by molar-refractivity contribution is -0.342. The Balaban J connectivity index is 1.83. The number of carbonyl (C=O) groups is 2. The van der Waals surface area contributed by atoms with Crippen LogP contribution in [0.5, 0.6) is 0 Å². The van der Waals surface area contributed by atoms with Crippen molar-refractivity contribution in [2.24, 2.45) is 11.8 Å². The maximum atomic E-state index is 12.1. The largest absolute Gasteiger partial charge is 0.481 e. The summed E-state index contributed by atoms with van der Waals surface area (Å²) in [7, 11) is 1.15. The molecule has 0 bridgehead atoms.